The average molecular weight is 261 g/mol. The summed E-state index contributed by atoms with van der Waals surface area (Å²) >= 11 is 0. The largest absolute Gasteiger partial charge is 0.469 e. The van der Waals surface area contributed by atoms with Crippen molar-refractivity contribution in [3.63, 3.8) is 0 Å². The van der Waals surface area contributed by atoms with Crippen LogP contribution in [-0.4, -0.2) is 12.8 Å². The topological polar surface area (TPSA) is 33.5 Å². The van der Waals surface area contributed by atoms with Gasteiger partial charge in [-0.15, -0.1) is 0 Å². The van der Waals surface area contributed by atoms with E-state index in [9.17, 15) is 9.18 Å². The highest BCUT2D eigenvalue weighted by Crippen LogP contribution is 2.25. The van der Waals surface area contributed by atoms with E-state index in [-0.39, 0.29) is 11.3 Å². The van der Waals surface area contributed by atoms with Gasteiger partial charge in [0.1, 0.15) is 11.6 Å². The van der Waals surface area contributed by atoms with Gasteiger partial charge in [0, 0.05) is 19.2 Å². The molecule has 1 aromatic heterocycles. The number of carbonyl (C=O) groups excluding carboxylic acids is 1. The number of furan rings is 1. The summed E-state index contributed by atoms with van der Waals surface area (Å²) in [6.07, 6.45) is 1.62. The maximum Gasteiger partial charge on any atom is 0.164 e. The first-order valence-electron chi connectivity index (χ1n) is 6.04. The summed E-state index contributed by atoms with van der Waals surface area (Å²) in [5.41, 5.74) is 1.74. The summed E-state index contributed by atoms with van der Waals surface area (Å²) in [5, 5.41) is 0. The minimum atomic E-state index is -0.485. The molecule has 3 nitrogen and oxygen atoms in total. The van der Waals surface area contributed by atoms with Crippen molar-refractivity contribution in [3.05, 3.63) is 53.2 Å². The Morgan fingerprint density at radius 3 is 2.68 bits per heavy atom. The summed E-state index contributed by atoms with van der Waals surface area (Å²) in [4.78, 5) is 13.4. The smallest absolute Gasteiger partial charge is 0.164 e. The van der Waals surface area contributed by atoms with Crippen LogP contribution < -0.4 is 4.90 Å². The number of anilines is 1. The van der Waals surface area contributed by atoms with E-state index >= 15 is 0 Å². The van der Waals surface area contributed by atoms with Gasteiger partial charge in [-0.25, -0.2) is 4.39 Å². The molecule has 0 saturated carbocycles. The maximum absolute atomic E-state index is 13.8. The summed E-state index contributed by atoms with van der Waals surface area (Å²) in [6.45, 7) is 3.81. The predicted octanol–water partition coefficient (Wildman–Crippen LogP) is 3.57. The van der Waals surface area contributed by atoms with Crippen molar-refractivity contribution in [3.8, 4) is 0 Å². The monoisotopic (exact) mass is 261 g/mol. The van der Waals surface area contributed by atoms with Gasteiger partial charge in [-0.1, -0.05) is 6.07 Å². The fraction of sp³-hybridized carbons (Fsp3) is 0.267. The van der Waals surface area contributed by atoms with Crippen LogP contribution in [0.5, 0.6) is 0 Å². The van der Waals surface area contributed by atoms with E-state index in [0.29, 0.717) is 12.2 Å². The van der Waals surface area contributed by atoms with Gasteiger partial charge in [-0.3, -0.25) is 4.79 Å². The molecule has 0 unspecified atom stereocenters. The van der Waals surface area contributed by atoms with Crippen LogP contribution in [0.25, 0.3) is 0 Å². The van der Waals surface area contributed by atoms with E-state index in [4.69, 9.17) is 4.42 Å². The number of hydrogen-bond acceptors (Lipinski definition) is 3. The van der Waals surface area contributed by atoms with Crippen LogP contribution in [-0.2, 0) is 6.54 Å². The molecule has 2 aromatic rings. The molecule has 4 heteroatoms. The zero-order valence-electron chi connectivity index (χ0n) is 11.2. The summed E-state index contributed by atoms with van der Waals surface area (Å²) in [7, 11) is 1.83. The first kappa shape index (κ1) is 13.3. The first-order chi connectivity index (χ1) is 9.00. The molecule has 0 amide bonds. The van der Waals surface area contributed by atoms with Gasteiger partial charge >= 0.3 is 0 Å². The van der Waals surface area contributed by atoms with E-state index in [2.05, 4.69) is 0 Å². The zero-order chi connectivity index (χ0) is 14.0. The molecule has 19 heavy (non-hydrogen) atoms. The van der Waals surface area contributed by atoms with Crippen molar-refractivity contribution in [2.75, 3.05) is 11.9 Å². The Morgan fingerprint density at radius 1 is 1.37 bits per heavy atom. The SMILES string of the molecule is CC(=O)c1c(F)cccc1N(C)Cc1ccoc1C. The lowest BCUT2D eigenvalue weighted by atomic mass is 10.1. The number of aryl methyl sites for hydroxylation is 1. The highest BCUT2D eigenvalue weighted by molar-refractivity contribution is 6.00. The molecule has 0 radical (unpaired) electrons. The van der Waals surface area contributed by atoms with Gasteiger partial charge < -0.3 is 9.32 Å². The molecule has 0 aliphatic carbocycles. The molecular weight excluding hydrogens is 245 g/mol. The number of Topliss-reactive ketones (excluding diaryl/α,β-unsaturated/α-hetero) is 1. The molecule has 100 valence electrons. The number of halogens is 1. The minimum Gasteiger partial charge on any atom is -0.469 e. The van der Waals surface area contributed by atoms with Crippen molar-refractivity contribution in [1.82, 2.24) is 0 Å². The molecule has 0 fully saturated rings. The van der Waals surface area contributed by atoms with Crippen LogP contribution in [0.3, 0.4) is 0 Å². The van der Waals surface area contributed by atoms with Crippen LogP contribution in [0.1, 0.15) is 28.6 Å². The first-order valence-corrected chi connectivity index (χ1v) is 6.04. The van der Waals surface area contributed by atoms with Gasteiger partial charge in [0.2, 0.25) is 0 Å². The number of nitrogens with zero attached hydrogens (tertiary/aromatic N) is 1. The lowest BCUT2D eigenvalue weighted by Gasteiger charge is -2.21. The van der Waals surface area contributed by atoms with E-state index in [1.807, 2.05) is 24.9 Å². The average Bonchev–Trinajstić information content (AvgIpc) is 2.74. The van der Waals surface area contributed by atoms with Gasteiger partial charge in [0.25, 0.3) is 0 Å². The summed E-state index contributed by atoms with van der Waals surface area (Å²) in [6, 6.07) is 6.53. The molecule has 1 aromatic carbocycles. The fourth-order valence-corrected chi connectivity index (χ4v) is 2.10. The van der Waals surface area contributed by atoms with Gasteiger partial charge in [0.15, 0.2) is 5.78 Å². The summed E-state index contributed by atoms with van der Waals surface area (Å²) in [5.74, 6) is 0.0669. The van der Waals surface area contributed by atoms with Crippen molar-refractivity contribution < 1.29 is 13.6 Å². The lowest BCUT2D eigenvalue weighted by molar-refractivity contribution is 0.101. The van der Waals surface area contributed by atoms with Crippen LogP contribution >= 0.6 is 0 Å². The molecule has 0 N–H and O–H groups in total. The Kier molecular flexibility index (Phi) is 3.69. The molecule has 2 rings (SSSR count). The second-order valence-electron chi connectivity index (χ2n) is 4.55. The van der Waals surface area contributed by atoms with Gasteiger partial charge in [-0.2, -0.15) is 0 Å². The summed E-state index contributed by atoms with van der Waals surface area (Å²) < 4.78 is 19.0. The number of ketones is 1. The van der Waals surface area contributed by atoms with Gasteiger partial charge in [0.05, 0.1) is 17.5 Å². The van der Waals surface area contributed by atoms with Gasteiger partial charge in [-0.05, 0) is 32.0 Å². The Labute approximate surface area is 111 Å². The third-order valence-corrected chi connectivity index (χ3v) is 3.13. The molecule has 0 aliphatic rings. The Hall–Kier alpha value is -2.10. The van der Waals surface area contributed by atoms with Crippen molar-refractivity contribution in [2.24, 2.45) is 0 Å². The number of rotatable bonds is 4. The van der Waals surface area contributed by atoms with Crippen LogP contribution in [0.2, 0.25) is 0 Å². The highest BCUT2D eigenvalue weighted by atomic mass is 19.1. The van der Waals surface area contributed by atoms with E-state index in [1.165, 1.54) is 13.0 Å². The highest BCUT2D eigenvalue weighted by Gasteiger charge is 2.16. The predicted molar refractivity (Wildman–Crippen MR) is 72.0 cm³/mol. The number of hydrogen-bond donors (Lipinski definition) is 0. The van der Waals surface area contributed by atoms with Crippen LogP contribution in [0, 0.1) is 12.7 Å². The molecule has 0 saturated heterocycles. The number of benzene rings is 1. The molecule has 0 aliphatic heterocycles. The standard InChI is InChI=1S/C15H16FNO2/c1-10(18)15-13(16)5-4-6-14(15)17(3)9-12-7-8-19-11(12)2/h4-8H,9H2,1-3H3. The molecule has 0 spiro atoms. The molecule has 0 bridgehead atoms. The Bertz CT molecular complexity index is 604. The number of carbonyl (C=O) groups is 1. The minimum absolute atomic E-state index is 0.131. The molecule has 1 heterocycles. The fourth-order valence-electron chi connectivity index (χ4n) is 2.10. The Morgan fingerprint density at radius 2 is 2.11 bits per heavy atom. The van der Waals surface area contributed by atoms with Crippen LogP contribution in [0.15, 0.2) is 34.9 Å². The lowest BCUT2D eigenvalue weighted by Crippen LogP contribution is -2.19. The third-order valence-electron chi connectivity index (χ3n) is 3.13. The second kappa shape index (κ2) is 5.26. The Balaban J connectivity index is 2.34. The molecular formula is C15H16FNO2. The van der Waals surface area contributed by atoms with Crippen LogP contribution in [0.4, 0.5) is 10.1 Å². The van der Waals surface area contributed by atoms with Crippen molar-refractivity contribution >= 4 is 11.5 Å². The quantitative estimate of drug-likeness (QED) is 0.789. The van der Waals surface area contributed by atoms with E-state index in [1.54, 1.807) is 18.4 Å². The second-order valence-corrected chi connectivity index (χ2v) is 4.55. The zero-order valence-corrected chi connectivity index (χ0v) is 11.2. The third kappa shape index (κ3) is 2.67. The maximum atomic E-state index is 13.8. The van der Waals surface area contributed by atoms with E-state index in [0.717, 1.165) is 11.3 Å². The van der Waals surface area contributed by atoms with Crippen molar-refractivity contribution in [2.45, 2.75) is 20.4 Å². The normalized spacial score (nSPS) is 10.5. The van der Waals surface area contributed by atoms with Crippen molar-refractivity contribution in [1.29, 1.82) is 0 Å². The molecule has 0 atom stereocenters. The van der Waals surface area contributed by atoms with E-state index < -0.39 is 5.82 Å².